The van der Waals surface area contributed by atoms with E-state index in [0.29, 0.717) is 23.7 Å². The molecule has 32 heavy (non-hydrogen) atoms. The quantitative estimate of drug-likeness (QED) is 0.521. The van der Waals surface area contributed by atoms with Gasteiger partial charge in [-0.2, -0.15) is 0 Å². The molecule has 0 aliphatic carbocycles. The van der Waals surface area contributed by atoms with E-state index in [2.05, 4.69) is 5.32 Å². The smallest absolute Gasteiger partial charge is 0.261 e. The lowest BCUT2D eigenvalue weighted by atomic mass is 10.1. The molecular weight excluding hydrogens is 424 g/mol. The van der Waals surface area contributed by atoms with Crippen LogP contribution in [0.25, 0.3) is 0 Å². The van der Waals surface area contributed by atoms with Crippen molar-refractivity contribution in [3.63, 3.8) is 0 Å². The highest BCUT2D eigenvalue weighted by Gasteiger charge is 2.29. The molecule has 0 aromatic heterocycles. The number of halogens is 1. The summed E-state index contributed by atoms with van der Waals surface area (Å²) in [5.74, 6) is 0.217. The zero-order valence-electron chi connectivity index (χ0n) is 20.0. The van der Waals surface area contributed by atoms with Crippen molar-refractivity contribution in [3.8, 4) is 5.75 Å². The fraction of sp³-hybridized carbons (Fsp3) is 0.462. The second-order valence-corrected chi connectivity index (χ2v) is 8.79. The Balaban J connectivity index is 2.25. The van der Waals surface area contributed by atoms with E-state index < -0.39 is 6.04 Å². The molecule has 1 N–H and O–H groups in total. The molecule has 0 aliphatic heterocycles. The first-order chi connectivity index (χ1) is 15.2. The number of hydrogen-bond acceptors (Lipinski definition) is 3. The topological polar surface area (TPSA) is 58.6 Å². The molecule has 0 aliphatic rings. The first kappa shape index (κ1) is 25.7. The molecule has 0 heterocycles. The maximum atomic E-state index is 13.3. The number of ether oxygens (including phenoxy) is 1. The van der Waals surface area contributed by atoms with Gasteiger partial charge in [-0.1, -0.05) is 55.3 Å². The number of nitrogens with one attached hydrogen (secondary N) is 1. The van der Waals surface area contributed by atoms with Crippen molar-refractivity contribution in [2.75, 3.05) is 6.61 Å². The van der Waals surface area contributed by atoms with Gasteiger partial charge in [0.15, 0.2) is 6.61 Å². The van der Waals surface area contributed by atoms with Crippen LogP contribution in [0.5, 0.6) is 5.75 Å². The Bertz CT molecular complexity index is 921. The van der Waals surface area contributed by atoms with Crippen molar-refractivity contribution in [2.24, 2.45) is 0 Å². The maximum Gasteiger partial charge on any atom is 0.261 e. The summed E-state index contributed by atoms with van der Waals surface area (Å²) in [6.07, 6.45) is 1.34. The maximum absolute atomic E-state index is 13.3. The van der Waals surface area contributed by atoms with E-state index in [0.717, 1.165) is 28.7 Å². The zero-order valence-corrected chi connectivity index (χ0v) is 20.8. The summed E-state index contributed by atoms with van der Waals surface area (Å²) in [6.45, 7) is 11.9. The Kier molecular flexibility index (Phi) is 9.58. The number of rotatable bonds is 10. The summed E-state index contributed by atoms with van der Waals surface area (Å²) in [5.41, 5.74) is 3.87. The summed E-state index contributed by atoms with van der Waals surface area (Å²) >= 11 is 6.24. The van der Waals surface area contributed by atoms with Gasteiger partial charge in [0.1, 0.15) is 11.8 Å². The molecular formula is C26H35ClN2O3. The van der Waals surface area contributed by atoms with Gasteiger partial charge >= 0.3 is 0 Å². The first-order valence-electron chi connectivity index (χ1n) is 11.2. The Morgan fingerprint density at radius 3 is 2.28 bits per heavy atom. The number of carbonyl (C=O) groups is 2. The molecule has 6 heteroatoms. The molecule has 0 saturated heterocycles. The Labute approximate surface area is 197 Å². The van der Waals surface area contributed by atoms with E-state index >= 15 is 0 Å². The lowest BCUT2D eigenvalue weighted by molar-refractivity contribution is -0.143. The third-order valence-corrected chi connectivity index (χ3v) is 6.19. The molecule has 174 valence electrons. The molecule has 0 bridgehead atoms. The number of benzene rings is 2. The second-order valence-electron chi connectivity index (χ2n) is 8.41. The zero-order chi connectivity index (χ0) is 23.8. The summed E-state index contributed by atoms with van der Waals surface area (Å²) < 4.78 is 5.82. The Morgan fingerprint density at radius 2 is 1.72 bits per heavy atom. The molecule has 2 aromatic rings. The van der Waals surface area contributed by atoms with Crippen molar-refractivity contribution >= 4 is 23.4 Å². The molecule has 2 aromatic carbocycles. The summed E-state index contributed by atoms with van der Waals surface area (Å²) in [4.78, 5) is 27.9. The molecule has 2 atom stereocenters. The van der Waals surface area contributed by atoms with Crippen LogP contribution < -0.4 is 10.1 Å². The lowest BCUT2D eigenvalue weighted by Gasteiger charge is -2.31. The van der Waals surface area contributed by atoms with Crippen molar-refractivity contribution in [1.82, 2.24) is 10.2 Å². The van der Waals surface area contributed by atoms with Crippen LogP contribution in [0.3, 0.4) is 0 Å². The average Bonchev–Trinajstić information content (AvgIpc) is 2.75. The SMILES string of the molecule is CCC(C)NC(=O)C(CC)N(Cc1cccc(C)c1)C(=O)COc1cc(C)c(Cl)c(C)c1. The van der Waals surface area contributed by atoms with Crippen LogP contribution in [-0.4, -0.2) is 35.4 Å². The minimum absolute atomic E-state index is 0.0451. The van der Waals surface area contributed by atoms with Gasteiger partial charge in [-0.25, -0.2) is 0 Å². The van der Waals surface area contributed by atoms with E-state index in [9.17, 15) is 9.59 Å². The van der Waals surface area contributed by atoms with Gasteiger partial charge in [0.2, 0.25) is 5.91 Å². The van der Waals surface area contributed by atoms with Gasteiger partial charge < -0.3 is 15.0 Å². The number of amides is 2. The van der Waals surface area contributed by atoms with Crippen LogP contribution in [0.4, 0.5) is 0 Å². The molecule has 2 amide bonds. The standard InChI is InChI=1S/C26H35ClN2O3/c1-7-20(6)28-26(31)23(8-2)29(15-21-11-9-10-17(3)12-21)24(30)16-32-22-13-18(4)25(27)19(5)14-22/h9-14,20,23H,7-8,15-16H2,1-6H3,(H,28,31). The Hall–Kier alpha value is -2.53. The molecule has 5 nitrogen and oxygen atoms in total. The monoisotopic (exact) mass is 458 g/mol. The van der Waals surface area contributed by atoms with Crippen LogP contribution in [0, 0.1) is 20.8 Å². The lowest BCUT2D eigenvalue weighted by Crippen LogP contribution is -2.51. The Morgan fingerprint density at radius 1 is 1.06 bits per heavy atom. The summed E-state index contributed by atoms with van der Waals surface area (Å²) in [5, 5.41) is 3.71. The van der Waals surface area contributed by atoms with E-state index in [1.807, 2.05) is 77.9 Å². The predicted octanol–water partition coefficient (Wildman–Crippen LogP) is 5.37. The third-order valence-electron chi connectivity index (χ3n) is 5.59. The van der Waals surface area contributed by atoms with Crippen molar-refractivity contribution in [1.29, 1.82) is 0 Å². The number of nitrogens with zero attached hydrogens (tertiary/aromatic N) is 1. The second kappa shape index (κ2) is 11.9. The number of aryl methyl sites for hydroxylation is 3. The largest absolute Gasteiger partial charge is 0.484 e. The van der Waals surface area contributed by atoms with E-state index in [4.69, 9.17) is 16.3 Å². The fourth-order valence-electron chi connectivity index (χ4n) is 3.59. The van der Waals surface area contributed by atoms with Crippen LogP contribution in [-0.2, 0) is 16.1 Å². The van der Waals surface area contributed by atoms with Crippen LogP contribution in [0.15, 0.2) is 36.4 Å². The van der Waals surface area contributed by atoms with Gasteiger partial charge in [-0.15, -0.1) is 0 Å². The molecule has 0 fully saturated rings. The highest BCUT2D eigenvalue weighted by Crippen LogP contribution is 2.26. The highest BCUT2D eigenvalue weighted by atomic mass is 35.5. The molecule has 0 saturated carbocycles. The predicted molar refractivity (Wildman–Crippen MR) is 130 cm³/mol. The van der Waals surface area contributed by atoms with Crippen LogP contribution in [0.2, 0.25) is 5.02 Å². The fourth-order valence-corrected chi connectivity index (χ4v) is 3.69. The van der Waals surface area contributed by atoms with E-state index in [-0.39, 0.29) is 24.5 Å². The van der Waals surface area contributed by atoms with Crippen LogP contribution >= 0.6 is 11.6 Å². The van der Waals surface area contributed by atoms with Crippen molar-refractivity contribution in [2.45, 2.75) is 73.0 Å². The van der Waals surface area contributed by atoms with Gasteiger partial charge in [-0.05, 0) is 69.4 Å². The van der Waals surface area contributed by atoms with Crippen molar-refractivity contribution < 1.29 is 14.3 Å². The van der Waals surface area contributed by atoms with Crippen LogP contribution in [0.1, 0.15) is 55.9 Å². The van der Waals surface area contributed by atoms with Gasteiger partial charge in [0.25, 0.3) is 5.91 Å². The third kappa shape index (κ3) is 6.99. The summed E-state index contributed by atoms with van der Waals surface area (Å²) in [7, 11) is 0. The number of hydrogen-bond donors (Lipinski definition) is 1. The molecule has 2 rings (SSSR count). The first-order valence-corrected chi connectivity index (χ1v) is 11.6. The van der Waals surface area contributed by atoms with E-state index in [1.54, 1.807) is 4.90 Å². The number of carbonyl (C=O) groups excluding carboxylic acids is 2. The normalized spacial score (nSPS) is 12.7. The summed E-state index contributed by atoms with van der Waals surface area (Å²) in [6, 6.07) is 11.1. The minimum Gasteiger partial charge on any atom is -0.484 e. The van der Waals surface area contributed by atoms with E-state index in [1.165, 1.54) is 0 Å². The minimum atomic E-state index is -0.575. The molecule has 2 unspecified atom stereocenters. The van der Waals surface area contributed by atoms with Crippen molar-refractivity contribution in [3.05, 3.63) is 63.7 Å². The van der Waals surface area contributed by atoms with Gasteiger partial charge in [0.05, 0.1) is 0 Å². The van der Waals surface area contributed by atoms with Gasteiger partial charge in [0, 0.05) is 17.6 Å². The molecule has 0 spiro atoms. The average molecular weight is 459 g/mol. The van der Waals surface area contributed by atoms with Gasteiger partial charge in [-0.3, -0.25) is 9.59 Å². The molecule has 0 radical (unpaired) electrons. The highest BCUT2D eigenvalue weighted by molar-refractivity contribution is 6.32.